The predicted octanol–water partition coefficient (Wildman–Crippen LogP) is 5.44. The summed E-state index contributed by atoms with van der Waals surface area (Å²) in [6, 6.07) is 2.76. The number of carbonyl (C=O) groups excluding carboxylic acids is 1. The van der Waals surface area contributed by atoms with Crippen LogP contribution in [0.25, 0.3) is 0 Å². The number of aliphatic imine (C=N–C) groups is 2. The maximum absolute atomic E-state index is 14.8. The zero-order chi connectivity index (χ0) is 26.5. The van der Waals surface area contributed by atoms with Crippen LogP contribution in [0.2, 0.25) is 10.0 Å². The van der Waals surface area contributed by atoms with Crippen molar-refractivity contribution in [3.63, 3.8) is 0 Å². The number of hydrogen-bond donors (Lipinski definition) is 3. The van der Waals surface area contributed by atoms with Gasteiger partial charge in [-0.1, -0.05) is 23.2 Å². The molecule has 2 fully saturated rings. The number of primary amides is 1. The molecule has 1 saturated heterocycles. The largest absolute Gasteiger partial charge is 0.381 e. The van der Waals surface area contributed by atoms with Gasteiger partial charge in [0.25, 0.3) is 0 Å². The lowest BCUT2D eigenvalue weighted by Crippen LogP contribution is -2.34. The van der Waals surface area contributed by atoms with Gasteiger partial charge in [0.05, 0.1) is 16.4 Å². The number of carbonyl (C=O) groups is 1. The number of guanidine groups is 1. The van der Waals surface area contributed by atoms with Crippen molar-refractivity contribution in [1.29, 1.82) is 0 Å². The van der Waals surface area contributed by atoms with Crippen LogP contribution in [0.3, 0.4) is 0 Å². The highest BCUT2D eigenvalue weighted by atomic mass is 35.5. The molecule has 1 aliphatic heterocycles. The summed E-state index contributed by atoms with van der Waals surface area (Å²) in [5.41, 5.74) is 6.24. The summed E-state index contributed by atoms with van der Waals surface area (Å²) in [4.78, 5) is 25.4. The zero-order valence-corrected chi connectivity index (χ0v) is 22.3. The minimum absolute atomic E-state index is 0.0514. The first-order valence-electron chi connectivity index (χ1n) is 12.5. The SMILES string of the molecule is C=N/C(=N\c1c(C)nc(Nc2c(F)cc(Cl)cc2Cl)n1[C@H]1CC[C@@H](C(N)=O)CC1)NC1CCCOCC1. The molecule has 0 spiro atoms. The Balaban J connectivity index is 1.71. The van der Waals surface area contributed by atoms with Crippen molar-refractivity contribution in [2.24, 2.45) is 21.6 Å². The fourth-order valence-corrected chi connectivity index (χ4v) is 5.46. The van der Waals surface area contributed by atoms with Crippen LogP contribution < -0.4 is 16.4 Å². The predicted molar refractivity (Wildman–Crippen MR) is 145 cm³/mol. The van der Waals surface area contributed by atoms with E-state index in [1.807, 2.05) is 11.5 Å². The molecule has 1 saturated carbocycles. The number of hydrogen-bond acceptors (Lipinski definition) is 5. The van der Waals surface area contributed by atoms with Crippen LogP contribution >= 0.6 is 23.2 Å². The summed E-state index contributed by atoms with van der Waals surface area (Å²) in [6.45, 7) is 6.94. The van der Waals surface area contributed by atoms with E-state index in [-0.39, 0.29) is 39.6 Å². The number of nitrogens with two attached hydrogens (primary N) is 1. The molecule has 2 heterocycles. The molecule has 0 radical (unpaired) electrons. The van der Waals surface area contributed by atoms with Crippen molar-refractivity contribution in [3.8, 4) is 0 Å². The lowest BCUT2D eigenvalue weighted by atomic mass is 9.85. The van der Waals surface area contributed by atoms with Gasteiger partial charge in [0.15, 0.2) is 5.82 Å². The fourth-order valence-electron chi connectivity index (χ4n) is 4.94. The third-order valence-corrected chi connectivity index (χ3v) is 7.42. The van der Waals surface area contributed by atoms with Gasteiger partial charge in [0.1, 0.15) is 5.82 Å². The number of anilines is 2. The van der Waals surface area contributed by atoms with Crippen molar-refractivity contribution in [2.75, 3.05) is 18.5 Å². The molecule has 200 valence electrons. The smallest absolute Gasteiger partial charge is 0.224 e. The molecule has 1 aromatic carbocycles. The van der Waals surface area contributed by atoms with Crippen molar-refractivity contribution in [3.05, 3.63) is 33.7 Å². The highest BCUT2D eigenvalue weighted by molar-refractivity contribution is 6.36. The van der Waals surface area contributed by atoms with Crippen LogP contribution in [0, 0.1) is 18.7 Å². The molecule has 2 aromatic rings. The first-order valence-corrected chi connectivity index (χ1v) is 13.2. The number of nitrogens with one attached hydrogen (secondary N) is 2. The second-order valence-corrected chi connectivity index (χ2v) is 10.3. The topological polar surface area (TPSA) is 119 Å². The molecule has 1 atom stereocenters. The molecule has 4 rings (SSSR count). The molecular formula is C25H32Cl2FN7O2. The van der Waals surface area contributed by atoms with Crippen molar-refractivity contribution < 1.29 is 13.9 Å². The summed E-state index contributed by atoms with van der Waals surface area (Å²) < 4.78 is 22.3. The van der Waals surface area contributed by atoms with E-state index >= 15 is 0 Å². The van der Waals surface area contributed by atoms with Gasteiger partial charge < -0.3 is 21.1 Å². The summed E-state index contributed by atoms with van der Waals surface area (Å²) in [5, 5.41) is 6.75. The van der Waals surface area contributed by atoms with Gasteiger partial charge in [0.2, 0.25) is 17.8 Å². The normalized spacial score (nSPS) is 22.8. The Kier molecular flexibility index (Phi) is 9.04. The summed E-state index contributed by atoms with van der Waals surface area (Å²) in [7, 11) is 0. The lowest BCUT2D eigenvalue weighted by Gasteiger charge is -2.29. The number of amides is 1. The van der Waals surface area contributed by atoms with Gasteiger partial charge in [-0.25, -0.2) is 14.4 Å². The van der Waals surface area contributed by atoms with Gasteiger partial charge >= 0.3 is 0 Å². The number of nitrogens with zero attached hydrogens (tertiary/aromatic N) is 4. The minimum Gasteiger partial charge on any atom is -0.381 e. The maximum atomic E-state index is 14.8. The van der Waals surface area contributed by atoms with E-state index in [2.05, 4.69) is 27.3 Å². The van der Waals surface area contributed by atoms with Gasteiger partial charge in [-0.3, -0.25) is 9.36 Å². The molecule has 1 unspecified atom stereocenters. The second-order valence-electron chi connectivity index (χ2n) is 9.47. The molecule has 2 aliphatic rings. The Hall–Kier alpha value is -2.69. The highest BCUT2D eigenvalue weighted by Gasteiger charge is 2.30. The standard InChI is InChI=1S/C25H32Cl2FN7O2/c1-14-23(34-24(30-2)32-17-4-3-10-37-11-9-17)35(18-7-5-15(6-8-18)22(29)36)25(31-14)33-21-19(27)12-16(26)13-20(21)28/h12-13,15,17-18H,2-11H2,1H3,(H2,29,36)(H,31,33)(H,32,34)/t15-,17?,18+. The first kappa shape index (κ1) is 27.3. The average Bonchev–Trinajstić information content (AvgIpc) is 3.00. The summed E-state index contributed by atoms with van der Waals surface area (Å²) >= 11 is 12.3. The van der Waals surface area contributed by atoms with Gasteiger partial charge in [-0.15, -0.1) is 0 Å². The highest BCUT2D eigenvalue weighted by Crippen LogP contribution is 2.40. The summed E-state index contributed by atoms with van der Waals surface area (Å²) in [5.74, 6) is 0.268. The van der Waals surface area contributed by atoms with Gasteiger partial charge in [-0.05, 0) is 70.7 Å². The fraction of sp³-hybridized carbons (Fsp3) is 0.520. The number of rotatable bonds is 6. The third-order valence-electron chi connectivity index (χ3n) is 6.91. The van der Waals surface area contributed by atoms with E-state index in [0.29, 0.717) is 55.7 Å². The van der Waals surface area contributed by atoms with Gasteiger partial charge in [-0.2, -0.15) is 4.99 Å². The quantitative estimate of drug-likeness (QED) is 0.326. The Morgan fingerprint density at radius 1 is 1.22 bits per heavy atom. The molecule has 9 nitrogen and oxygen atoms in total. The Labute approximate surface area is 225 Å². The zero-order valence-electron chi connectivity index (χ0n) is 20.8. The van der Waals surface area contributed by atoms with Crippen LogP contribution in [-0.2, 0) is 9.53 Å². The van der Waals surface area contributed by atoms with Crippen molar-refractivity contribution in [2.45, 2.75) is 64.0 Å². The molecule has 1 amide bonds. The number of ether oxygens (including phenoxy) is 1. The number of halogens is 3. The van der Waals surface area contributed by atoms with Crippen LogP contribution in [0.15, 0.2) is 22.1 Å². The van der Waals surface area contributed by atoms with E-state index in [1.165, 1.54) is 12.1 Å². The van der Waals surface area contributed by atoms with E-state index < -0.39 is 5.82 Å². The summed E-state index contributed by atoms with van der Waals surface area (Å²) in [6.07, 6.45) is 5.37. The Bertz CT molecular complexity index is 1150. The average molecular weight is 552 g/mol. The molecule has 12 heteroatoms. The van der Waals surface area contributed by atoms with E-state index in [1.54, 1.807) is 0 Å². The van der Waals surface area contributed by atoms with Crippen LogP contribution in [-0.4, -0.2) is 47.4 Å². The van der Waals surface area contributed by atoms with Crippen LogP contribution in [0.5, 0.6) is 0 Å². The monoisotopic (exact) mass is 551 g/mol. The Morgan fingerprint density at radius 2 is 1.97 bits per heavy atom. The van der Waals surface area contributed by atoms with Crippen molar-refractivity contribution >= 4 is 59.2 Å². The third kappa shape index (κ3) is 6.61. The first-order chi connectivity index (χ1) is 17.8. The van der Waals surface area contributed by atoms with Crippen molar-refractivity contribution in [1.82, 2.24) is 14.9 Å². The molecule has 4 N–H and O–H groups in total. The molecule has 1 aliphatic carbocycles. The van der Waals surface area contributed by atoms with E-state index in [4.69, 9.17) is 38.7 Å². The molecular weight excluding hydrogens is 520 g/mol. The second kappa shape index (κ2) is 12.2. The maximum Gasteiger partial charge on any atom is 0.224 e. The van der Waals surface area contributed by atoms with E-state index in [9.17, 15) is 9.18 Å². The lowest BCUT2D eigenvalue weighted by molar-refractivity contribution is -0.122. The minimum atomic E-state index is -0.599. The number of aryl methyl sites for hydroxylation is 1. The molecule has 1 aromatic heterocycles. The number of aromatic nitrogens is 2. The van der Waals surface area contributed by atoms with Crippen LogP contribution in [0.4, 0.5) is 21.8 Å². The Morgan fingerprint density at radius 3 is 2.65 bits per heavy atom. The number of benzene rings is 1. The van der Waals surface area contributed by atoms with Crippen LogP contribution in [0.1, 0.15) is 56.7 Å². The molecule has 0 bridgehead atoms. The van der Waals surface area contributed by atoms with Gasteiger partial charge in [0, 0.05) is 36.2 Å². The molecule has 37 heavy (non-hydrogen) atoms. The number of imidazole rings is 1. The van der Waals surface area contributed by atoms with E-state index in [0.717, 1.165) is 25.9 Å².